The Bertz CT molecular complexity index is 1370. The van der Waals surface area contributed by atoms with Crippen molar-refractivity contribution in [2.24, 2.45) is 11.3 Å². The monoisotopic (exact) mass is 586 g/mol. The minimum Gasteiger partial charge on any atom is -0.468 e. The molecule has 2 aromatic carbocycles. The highest BCUT2D eigenvalue weighted by atomic mass is 19.1. The van der Waals surface area contributed by atoms with Crippen molar-refractivity contribution in [2.45, 2.75) is 52.1 Å². The van der Waals surface area contributed by atoms with Crippen molar-refractivity contribution in [2.75, 3.05) is 26.2 Å². The molecule has 2 N–H and O–H groups in total. The Morgan fingerprint density at radius 3 is 2.62 bits per heavy atom. The number of carbonyl (C=O) groups excluding carboxylic acids is 2. The largest absolute Gasteiger partial charge is 0.468 e. The van der Waals surface area contributed by atoms with Crippen LogP contribution in [-0.2, 0) is 20.9 Å². The number of hydrogen-bond acceptors (Lipinski definition) is 6. The normalized spacial score (nSPS) is 18.5. The van der Waals surface area contributed by atoms with Crippen molar-refractivity contribution in [1.82, 2.24) is 19.8 Å². The lowest BCUT2D eigenvalue weighted by molar-refractivity contribution is -0.147. The Hall–Kier alpha value is -3.70. The van der Waals surface area contributed by atoms with E-state index in [9.17, 15) is 27.9 Å². The molecule has 0 aliphatic carbocycles. The maximum atomic E-state index is 15.0. The van der Waals surface area contributed by atoms with Crippen LogP contribution >= 0.6 is 0 Å². The SMILES string of the molecule is C[C@H](O)C(=O)N(CC1CNCC1F)C(c1nc(-c2cc(F)ccc2F)cn1Cc1ccccc1)C(C)(C)CCOC=O. The van der Waals surface area contributed by atoms with Gasteiger partial charge in [0.25, 0.3) is 12.4 Å². The second kappa shape index (κ2) is 13.5. The van der Waals surface area contributed by atoms with Crippen LogP contribution in [0.4, 0.5) is 13.2 Å². The third-order valence-corrected chi connectivity index (χ3v) is 7.77. The summed E-state index contributed by atoms with van der Waals surface area (Å²) in [4.78, 5) is 30.9. The van der Waals surface area contributed by atoms with Crippen LogP contribution in [0.15, 0.2) is 54.7 Å². The maximum Gasteiger partial charge on any atom is 0.293 e. The number of nitrogens with one attached hydrogen (secondary N) is 1. The summed E-state index contributed by atoms with van der Waals surface area (Å²) >= 11 is 0. The Balaban J connectivity index is 1.92. The maximum absolute atomic E-state index is 15.0. The first-order chi connectivity index (χ1) is 20.0. The van der Waals surface area contributed by atoms with Gasteiger partial charge in [0.2, 0.25) is 0 Å². The molecule has 1 aliphatic rings. The molecule has 8 nitrogen and oxygen atoms in total. The van der Waals surface area contributed by atoms with Crippen LogP contribution in [0.25, 0.3) is 11.3 Å². The Kier molecular flexibility index (Phi) is 10.1. The second-order valence-corrected chi connectivity index (χ2v) is 11.4. The van der Waals surface area contributed by atoms with Crippen LogP contribution in [0.1, 0.15) is 44.6 Å². The van der Waals surface area contributed by atoms with Crippen molar-refractivity contribution >= 4 is 12.4 Å². The predicted octanol–water partition coefficient (Wildman–Crippen LogP) is 4.27. The van der Waals surface area contributed by atoms with Gasteiger partial charge in [0.15, 0.2) is 0 Å². The number of aromatic nitrogens is 2. The van der Waals surface area contributed by atoms with Gasteiger partial charge in [-0.25, -0.2) is 18.2 Å². The predicted molar refractivity (Wildman–Crippen MR) is 151 cm³/mol. The molecule has 3 unspecified atom stereocenters. The minimum absolute atomic E-state index is 0.0254. The van der Waals surface area contributed by atoms with Gasteiger partial charge in [-0.1, -0.05) is 44.2 Å². The van der Waals surface area contributed by atoms with Gasteiger partial charge < -0.3 is 24.6 Å². The number of hydrogen-bond donors (Lipinski definition) is 2. The molecule has 2 heterocycles. The molecule has 1 fully saturated rings. The molecule has 11 heteroatoms. The zero-order valence-corrected chi connectivity index (χ0v) is 24.0. The number of aliphatic hydroxyl groups excluding tert-OH is 1. The van der Waals surface area contributed by atoms with Gasteiger partial charge in [-0.05, 0) is 42.5 Å². The van der Waals surface area contributed by atoms with E-state index in [0.29, 0.717) is 18.8 Å². The van der Waals surface area contributed by atoms with Gasteiger partial charge >= 0.3 is 0 Å². The highest BCUT2D eigenvalue weighted by Crippen LogP contribution is 2.43. The van der Waals surface area contributed by atoms with Crippen LogP contribution < -0.4 is 5.32 Å². The van der Waals surface area contributed by atoms with Gasteiger partial charge in [0.05, 0.1) is 18.3 Å². The number of amides is 1. The fraction of sp³-hybridized carbons (Fsp3) is 0.452. The number of rotatable bonds is 13. The van der Waals surface area contributed by atoms with Gasteiger partial charge in [0.1, 0.15) is 29.7 Å². The van der Waals surface area contributed by atoms with Crippen LogP contribution in [0, 0.1) is 23.0 Å². The van der Waals surface area contributed by atoms with E-state index in [1.807, 2.05) is 44.2 Å². The highest BCUT2D eigenvalue weighted by Gasteiger charge is 2.44. The molecule has 0 spiro atoms. The molecular weight excluding hydrogens is 549 g/mol. The molecule has 42 heavy (non-hydrogen) atoms. The van der Waals surface area contributed by atoms with E-state index in [1.165, 1.54) is 11.8 Å². The van der Waals surface area contributed by atoms with Crippen LogP contribution in [0.5, 0.6) is 0 Å². The quantitative estimate of drug-likeness (QED) is 0.229. The molecule has 1 aliphatic heterocycles. The van der Waals surface area contributed by atoms with Crippen molar-refractivity contribution in [3.63, 3.8) is 0 Å². The average molecular weight is 587 g/mol. The fourth-order valence-corrected chi connectivity index (χ4v) is 5.49. The summed E-state index contributed by atoms with van der Waals surface area (Å²) in [5, 5.41) is 13.5. The Morgan fingerprint density at radius 2 is 1.98 bits per heavy atom. The fourth-order valence-electron chi connectivity index (χ4n) is 5.49. The standard InChI is InChI=1S/C31H37F3N4O4/c1-20(40)30(41)38(17-22-14-35-15-26(22)34)28(31(2,3)11-12-42-19-39)29-36-27(24-13-23(32)9-10-25(24)33)18-37(29)16-21-7-5-4-6-8-21/h4-10,13,18-20,22,26,28,35,40H,11-12,14-17H2,1-3H3/t20-,22?,26?,28?/m0/s1. The van der Waals surface area contributed by atoms with Gasteiger partial charge in [-0.15, -0.1) is 0 Å². The lowest BCUT2D eigenvalue weighted by Gasteiger charge is -2.43. The number of aliphatic hydroxyl groups is 1. The highest BCUT2D eigenvalue weighted by molar-refractivity contribution is 5.81. The van der Waals surface area contributed by atoms with E-state index in [1.54, 1.807) is 10.8 Å². The lowest BCUT2D eigenvalue weighted by Crippen LogP contribution is -2.50. The molecule has 1 amide bonds. The number of nitrogens with zero attached hydrogens (tertiary/aromatic N) is 3. The first-order valence-corrected chi connectivity index (χ1v) is 14.0. The van der Waals surface area contributed by atoms with E-state index in [-0.39, 0.29) is 43.9 Å². The molecule has 1 saturated heterocycles. The summed E-state index contributed by atoms with van der Waals surface area (Å²) in [6.45, 7) is 6.18. The number of halogens is 3. The summed E-state index contributed by atoms with van der Waals surface area (Å²) in [7, 11) is 0. The summed E-state index contributed by atoms with van der Waals surface area (Å²) in [5.74, 6) is -2.14. The Labute approximate surface area is 243 Å². The van der Waals surface area contributed by atoms with Gasteiger partial charge in [-0.3, -0.25) is 9.59 Å². The second-order valence-electron chi connectivity index (χ2n) is 11.4. The molecule has 4 atom stereocenters. The van der Waals surface area contributed by atoms with E-state index in [4.69, 9.17) is 9.72 Å². The summed E-state index contributed by atoms with van der Waals surface area (Å²) < 4.78 is 50.8. The number of ether oxygens (including phenoxy) is 1. The summed E-state index contributed by atoms with van der Waals surface area (Å²) in [5.41, 5.74) is 0.142. The topological polar surface area (TPSA) is 96.7 Å². The smallest absolute Gasteiger partial charge is 0.293 e. The number of imidazole rings is 1. The van der Waals surface area contributed by atoms with Gasteiger partial charge in [-0.2, -0.15) is 0 Å². The molecule has 0 bridgehead atoms. The van der Waals surface area contributed by atoms with Crippen LogP contribution in [0.2, 0.25) is 0 Å². The lowest BCUT2D eigenvalue weighted by atomic mass is 9.79. The van der Waals surface area contributed by atoms with E-state index < -0.39 is 47.2 Å². The van der Waals surface area contributed by atoms with Crippen molar-refractivity contribution < 1.29 is 32.6 Å². The number of carbonyl (C=O) groups is 2. The zero-order chi connectivity index (χ0) is 30.4. The van der Waals surface area contributed by atoms with Crippen molar-refractivity contribution in [3.05, 3.63) is 77.8 Å². The first kappa shape index (κ1) is 31.2. The molecular formula is C31H37F3N4O4. The molecule has 4 rings (SSSR count). The molecule has 0 saturated carbocycles. The average Bonchev–Trinajstić information content (AvgIpc) is 3.55. The third-order valence-electron chi connectivity index (χ3n) is 7.77. The van der Waals surface area contributed by atoms with Crippen molar-refractivity contribution in [1.29, 1.82) is 0 Å². The van der Waals surface area contributed by atoms with E-state index >= 15 is 0 Å². The summed E-state index contributed by atoms with van der Waals surface area (Å²) in [6, 6.07) is 11.6. The number of benzene rings is 2. The third kappa shape index (κ3) is 7.19. The molecule has 1 aromatic heterocycles. The Morgan fingerprint density at radius 1 is 1.24 bits per heavy atom. The molecule has 226 valence electrons. The summed E-state index contributed by atoms with van der Waals surface area (Å²) in [6.07, 6.45) is -0.730. The van der Waals surface area contributed by atoms with Crippen LogP contribution in [0.3, 0.4) is 0 Å². The van der Waals surface area contributed by atoms with Crippen molar-refractivity contribution in [3.8, 4) is 11.3 Å². The van der Waals surface area contributed by atoms with E-state index in [0.717, 1.165) is 23.8 Å². The molecule has 0 radical (unpaired) electrons. The molecule has 3 aromatic rings. The zero-order valence-electron chi connectivity index (χ0n) is 24.0. The van der Waals surface area contributed by atoms with E-state index in [2.05, 4.69) is 5.32 Å². The van der Waals surface area contributed by atoms with Gasteiger partial charge in [0, 0.05) is 43.9 Å². The van der Waals surface area contributed by atoms with Crippen LogP contribution in [-0.4, -0.2) is 70.5 Å². The minimum atomic E-state index is -1.40. The number of alkyl halides is 1. The first-order valence-electron chi connectivity index (χ1n) is 14.0.